The van der Waals surface area contributed by atoms with Crippen LogP contribution in [0.5, 0.6) is 5.75 Å². The van der Waals surface area contributed by atoms with E-state index in [4.69, 9.17) is 4.74 Å². The van der Waals surface area contributed by atoms with Crippen molar-refractivity contribution in [3.63, 3.8) is 0 Å². The number of hydrogen-bond acceptors (Lipinski definition) is 6. The van der Waals surface area contributed by atoms with Crippen LogP contribution >= 0.6 is 11.8 Å². The van der Waals surface area contributed by atoms with Crippen LogP contribution in [0.4, 0.5) is 0 Å². The number of aldehydes is 1. The van der Waals surface area contributed by atoms with Gasteiger partial charge in [-0.15, -0.1) is 0 Å². The van der Waals surface area contributed by atoms with E-state index in [-0.39, 0.29) is 17.1 Å². The molecule has 0 bridgehead atoms. The Balaban J connectivity index is 2.77. The van der Waals surface area contributed by atoms with E-state index in [0.717, 1.165) is 11.8 Å². The van der Waals surface area contributed by atoms with Crippen molar-refractivity contribution in [1.29, 1.82) is 0 Å². The molecule has 0 aromatic heterocycles. The second-order valence-electron chi connectivity index (χ2n) is 4.25. The number of aliphatic hydroxyl groups excluding tert-OH is 2. The number of benzene rings is 1. The first-order valence-corrected chi connectivity index (χ1v) is 7.10. The van der Waals surface area contributed by atoms with Crippen molar-refractivity contribution in [3.8, 4) is 5.75 Å². The maximum atomic E-state index is 11.0. The molecule has 0 fully saturated rings. The molecule has 0 radical (unpaired) electrons. The molecule has 0 heterocycles. The van der Waals surface area contributed by atoms with Gasteiger partial charge in [-0.3, -0.25) is 9.59 Å². The Bertz CT molecular complexity index is 475. The molecule has 2 N–H and O–H groups in total. The van der Waals surface area contributed by atoms with E-state index in [0.29, 0.717) is 23.4 Å². The lowest BCUT2D eigenvalue weighted by molar-refractivity contribution is -0.109. The van der Waals surface area contributed by atoms with Gasteiger partial charge < -0.3 is 14.9 Å². The molecule has 6 heteroatoms. The van der Waals surface area contributed by atoms with Crippen LogP contribution in [0.15, 0.2) is 18.2 Å². The molecule has 0 aliphatic heterocycles. The van der Waals surface area contributed by atoms with E-state index in [1.165, 1.54) is 20.1 Å². The highest BCUT2D eigenvalue weighted by atomic mass is 32.2. The van der Waals surface area contributed by atoms with Gasteiger partial charge in [0, 0.05) is 18.2 Å². The summed E-state index contributed by atoms with van der Waals surface area (Å²) in [6, 6.07) is 4.67. The first kappa shape index (κ1) is 16.7. The topological polar surface area (TPSA) is 83.8 Å². The van der Waals surface area contributed by atoms with Crippen molar-refractivity contribution >= 4 is 23.2 Å². The van der Waals surface area contributed by atoms with Gasteiger partial charge in [-0.1, -0.05) is 17.8 Å². The zero-order chi connectivity index (χ0) is 15.1. The molecule has 0 saturated heterocycles. The van der Waals surface area contributed by atoms with Crippen molar-refractivity contribution < 1.29 is 24.5 Å². The number of carbonyl (C=O) groups is 2. The summed E-state index contributed by atoms with van der Waals surface area (Å²) in [5.41, 5.74) is 0.622. The fourth-order valence-corrected chi connectivity index (χ4v) is 2.39. The van der Waals surface area contributed by atoms with E-state index in [1.54, 1.807) is 12.1 Å². The molecule has 110 valence electrons. The zero-order valence-electron chi connectivity index (χ0n) is 11.4. The lowest BCUT2D eigenvalue weighted by atomic mass is 9.98. The molecule has 0 aliphatic rings. The SMILES string of the molecule is COc1ccc(C(O)C(O)CCSC(C)=O)c(C=O)c1. The summed E-state index contributed by atoms with van der Waals surface area (Å²) in [5, 5.41) is 20.0. The van der Waals surface area contributed by atoms with Gasteiger partial charge in [-0.05, 0) is 24.1 Å². The highest BCUT2D eigenvalue weighted by molar-refractivity contribution is 8.13. The molecule has 0 spiro atoms. The third-order valence-electron chi connectivity index (χ3n) is 2.82. The minimum Gasteiger partial charge on any atom is -0.497 e. The molecule has 20 heavy (non-hydrogen) atoms. The Labute approximate surface area is 121 Å². The van der Waals surface area contributed by atoms with E-state index >= 15 is 0 Å². The smallest absolute Gasteiger partial charge is 0.185 e. The van der Waals surface area contributed by atoms with Crippen LogP contribution in [0.3, 0.4) is 0 Å². The van der Waals surface area contributed by atoms with Crippen LogP contribution in [0.2, 0.25) is 0 Å². The van der Waals surface area contributed by atoms with Gasteiger partial charge in [0.2, 0.25) is 0 Å². The summed E-state index contributed by atoms with van der Waals surface area (Å²) in [6.07, 6.45) is -1.34. The monoisotopic (exact) mass is 298 g/mol. The average Bonchev–Trinajstić information content (AvgIpc) is 2.45. The maximum absolute atomic E-state index is 11.0. The lowest BCUT2D eigenvalue weighted by Gasteiger charge is -2.19. The normalized spacial score (nSPS) is 13.6. The van der Waals surface area contributed by atoms with Crippen LogP contribution in [0.25, 0.3) is 0 Å². The minimum atomic E-state index is -1.17. The molecule has 1 aromatic rings. The first-order chi connectivity index (χ1) is 9.49. The van der Waals surface area contributed by atoms with Crippen LogP contribution in [0.1, 0.15) is 35.4 Å². The number of thioether (sulfide) groups is 1. The van der Waals surface area contributed by atoms with Crippen LogP contribution in [-0.2, 0) is 4.79 Å². The third-order valence-corrected chi connectivity index (χ3v) is 3.67. The highest BCUT2D eigenvalue weighted by Gasteiger charge is 2.21. The predicted molar refractivity (Wildman–Crippen MR) is 77.1 cm³/mol. The van der Waals surface area contributed by atoms with Gasteiger partial charge in [0.25, 0.3) is 0 Å². The summed E-state index contributed by atoms with van der Waals surface area (Å²) in [5.74, 6) is 0.921. The summed E-state index contributed by atoms with van der Waals surface area (Å²) in [4.78, 5) is 21.8. The van der Waals surface area contributed by atoms with E-state index < -0.39 is 12.2 Å². The number of methoxy groups -OCH3 is 1. The number of ether oxygens (including phenoxy) is 1. The molecule has 1 rings (SSSR count). The second-order valence-corrected chi connectivity index (χ2v) is 5.53. The van der Waals surface area contributed by atoms with Crippen molar-refractivity contribution in [3.05, 3.63) is 29.3 Å². The second kappa shape index (κ2) is 8.04. The number of carbonyl (C=O) groups excluding carboxylic acids is 2. The highest BCUT2D eigenvalue weighted by Crippen LogP contribution is 2.26. The lowest BCUT2D eigenvalue weighted by Crippen LogP contribution is -2.20. The van der Waals surface area contributed by atoms with Gasteiger partial charge in [-0.2, -0.15) is 0 Å². The number of aliphatic hydroxyl groups is 2. The predicted octanol–water partition coefficient (Wildman–Crippen LogP) is 1.57. The maximum Gasteiger partial charge on any atom is 0.185 e. The largest absolute Gasteiger partial charge is 0.497 e. The van der Waals surface area contributed by atoms with E-state index in [1.807, 2.05) is 0 Å². The van der Waals surface area contributed by atoms with Crippen molar-refractivity contribution in [1.82, 2.24) is 0 Å². The molecule has 0 aliphatic carbocycles. The fourth-order valence-electron chi connectivity index (χ4n) is 1.74. The van der Waals surface area contributed by atoms with Gasteiger partial charge >= 0.3 is 0 Å². The molecule has 0 amide bonds. The molecule has 2 atom stereocenters. The van der Waals surface area contributed by atoms with E-state index in [9.17, 15) is 19.8 Å². The van der Waals surface area contributed by atoms with Gasteiger partial charge in [0.15, 0.2) is 11.4 Å². The van der Waals surface area contributed by atoms with Crippen LogP contribution < -0.4 is 4.74 Å². The standard InChI is InChI=1S/C14H18O5S/c1-9(16)20-6-5-13(17)14(18)12-4-3-11(19-2)7-10(12)8-15/h3-4,7-8,13-14,17-18H,5-6H2,1-2H3. The summed E-state index contributed by atoms with van der Waals surface area (Å²) in [6.45, 7) is 1.45. The molecule has 1 aromatic carbocycles. The van der Waals surface area contributed by atoms with Crippen molar-refractivity contribution in [2.24, 2.45) is 0 Å². The molecule has 0 saturated carbocycles. The quantitative estimate of drug-likeness (QED) is 0.743. The minimum absolute atomic E-state index is 0.0373. The number of rotatable bonds is 7. The van der Waals surface area contributed by atoms with Crippen molar-refractivity contribution in [2.75, 3.05) is 12.9 Å². The Morgan fingerprint density at radius 1 is 1.45 bits per heavy atom. The van der Waals surface area contributed by atoms with Gasteiger partial charge in [0.1, 0.15) is 11.9 Å². The zero-order valence-corrected chi connectivity index (χ0v) is 12.2. The third kappa shape index (κ3) is 4.63. The Kier molecular flexibility index (Phi) is 6.70. The summed E-state index contributed by atoms with van der Waals surface area (Å²) < 4.78 is 5.00. The van der Waals surface area contributed by atoms with Crippen LogP contribution in [-0.4, -0.2) is 40.6 Å². The van der Waals surface area contributed by atoms with E-state index in [2.05, 4.69) is 0 Å². The summed E-state index contributed by atoms with van der Waals surface area (Å²) >= 11 is 1.09. The molecular formula is C14H18O5S. The number of hydrogen-bond donors (Lipinski definition) is 2. The summed E-state index contributed by atoms with van der Waals surface area (Å²) in [7, 11) is 1.48. The Hall–Kier alpha value is -1.37. The van der Waals surface area contributed by atoms with Gasteiger partial charge in [0.05, 0.1) is 13.2 Å². The van der Waals surface area contributed by atoms with Gasteiger partial charge in [-0.25, -0.2) is 0 Å². The first-order valence-electron chi connectivity index (χ1n) is 6.12. The van der Waals surface area contributed by atoms with Crippen LogP contribution in [0, 0.1) is 0 Å². The average molecular weight is 298 g/mol. The molecule has 2 unspecified atom stereocenters. The Morgan fingerprint density at radius 2 is 2.15 bits per heavy atom. The molecular weight excluding hydrogens is 280 g/mol. The Morgan fingerprint density at radius 3 is 2.70 bits per heavy atom. The van der Waals surface area contributed by atoms with Crippen molar-refractivity contribution in [2.45, 2.75) is 25.6 Å². The fraction of sp³-hybridized carbons (Fsp3) is 0.429. The molecule has 5 nitrogen and oxygen atoms in total.